The van der Waals surface area contributed by atoms with Crippen LogP contribution < -0.4 is 14.8 Å². The van der Waals surface area contributed by atoms with Crippen molar-refractivity contribution in [3.63, 3.8) is 0 Å². The molecular formula is C22H16FNO5S. The van der Waals surface area contributed by atoms with E-state index in [4.69, 9.17) is 14.2 Å². The molecule has 0 unspecified atom stereocenters. The minimum absolute atomic E-state index is 0.135. The maximum Gasteiger partial charge on any atom is 0.340 e. The quantitative estimate of drug-likeness (QED) is 0.470. The SMILES string of the molecule is O=C(COC(=O)C(=Cc1ccc(F)cc1)c1cccs1)Nc1ccc2c(c1)OCO2. The number of halogens is 1. The van der Waals surface area contributed by atoms with Crippen LogP contribution in [0.1, 0.15) is 10.4 Å². The van der Waals surface area contributed by atoms with Gasteiger partial charge < -0.3 is 19.5 Å². The fourth-order valence-electron chi connectivity index (χ4n) is 2.77. The maximum absolute atomic E-state index is 13.1. The lowest BCUT2D eigenvalue weighted by Gasteiger charge is -2.09. The molecule has 3 aromatic rings. The Labute approximate surface area is 175 Å². The van der Waals surface area contributed by atoms with E-state index >= 15 is 0 Å². The third-order valence-corrected chi connectivity index (χ3v) is 5.08. The number of fused-ring (bicyclic) bond motifs is 1. The Morgan fingerprint density at radius 3 is 2.67 bits per heavy atom. The third-order valence-electron chi connectivity index (χ3n) is 4.18. The molecule has 1 aliphatic rings. The molecule has 1 amide bonds. The van der Waals surface area contributed by atoms with Crippen molar-refractivity contribution in [1.82, 2.24) is 0 Å². The average Bonchev–Trinajstić information content (AvgIpc) is 3.43. The second-order valence-electron chi connectivity index (χ2n) is 6.28. The summed E-state index contributed by atoms with van der Waals surface area (Å²) in [6, 6.07) is 14.3. The smallest absolute Gasteiger partial charge is 0.340 e. The number of rotatable bonds is 6. The summed E-state index contributed by atoms with van der Waals surface area (Å²) in [5.41, 5.74) is 1.43. The summed E-state index contributed by atoms with van der Waals surface area (Å²) in [4.78, 5) is 25.5. The number of carbonyl (C=O) groups is 2. The first-order chi connectivity index (χ1) is 14.6. The maximum atomic E-state index is 13.1. The van der Waals surface area contributed by atoms with Gasteiger partial charge in [-0.3, -0.25) is 4.79 Å². The summed E-state index contributed by atoms with van der Waals surface area (Å²) in [5.74, 6) is -0.373. The Morgan fingerprint density at radius 1 is 1.10 bits per heavy atom. The zero-order chi connectivity index (χ0) is 20.9. The number of thiophene rings is 1. The standard InChI is InChI=1S/C22H16FNO5S/c23-15-5-3-14(4-6-15)10-17(20-2-1-9-30-20)22(26)27-12-21(25)24-16-7-8-18-19(11-16)29-13-28-18/h1-11H,12-13H2,(H,24,25). The molecule has 0 radical (unpaired) electrons. The molecule has 0 spiro atoms. The van der Waals surface area contributed by atoms with Crippen molar-refractivity contribution in [2.24, 2.45) is 0 Å². The lowest BCUT2D eigenvalue weighted by atomic mass is 10.1. The molecule has 0 saturated heterocycles. The molecule has 0 fully saturated rings. The van der Waals surface area contributed by atoms with Crippen LogP contribution in [0.15, 0.2) is 60.0 Å². The first kappa shape index (κ1) is 19.7. The van der Waals surface area contributed by atoms with Gasteiger partial charge in [-0.05, 0) is 47.4 Å². The highest BCUT2D eigenvalue weighted by atomic mass is 32.1. The Morgan fingerprint density at radius 2 is 1.90 bits per heavy atom. The monoisotopic (exact) mass is 425 g/mol. The molecule has 0 saturated carbocycles. The van der Waals surface area contributed by atoms with Gasteiger partial charge in [0.2, 0.25) is 6.79 Å². The van der Waals surface area contributed by atoms with Crippen molar-refractivity contribution in [3.8, 4) is 11.5 Å². The molecule has 4 rings (SSSR count). The topological polar surface area (TPSA) is 73.9 Å². The van der Waals surface area contributed by atoms with E-state index in [1.807, 2.05) is 5.38 Å². The van der Waals surface area contributed by atoms with E-state index in [0.717, 1.165) is 0 Å². The van der Waals surface area contributed by atoms with E-state index in [2.05, 4.69) is 5.32 Å². The number of hydrogen-bond acceptors (Lipinski definition) is 6. The first-order valence-corrected chi connectivity index (χ1v) is 9.84. The summed E-state index contributed by atoms with van der Waals surface area (Å²) >= 11 is 1.36. The molecule has 1 N–H and O–H groups in total. The Hall–Kier alpha value is -3.65. The fraction of sp³-hybridized carbons (Fsp3) is 0.0909. The van der Waals surface area contributed by atoms with Crippen LogP contribution in [0.4, 0.5) is 10.1 Å². The molecule has 152 valence electrons. The minimum Gasteiger partial charge on any atom is -0.454 e. The van der Waals surface area contributed by atoms with Crippen molar-refractivity contribution in [1.29, 1.82) is 0 Å². The van der Waals surface area contributed by atoms with Gasteiger partial charge >= 0.3 is 5.97 Å². The molecule has 1 aliphatic heterocycles. The van der Waals surface area contributed by atoms with Gasteiger partial charge in [-0.2, -0.15) is 0 Å². The zero-order valence-electron chi connectivity index (χ0n) is 15.6. The summed E-state index contributed by atoms with van der Waals surface area (Å²) in [7, 11) is 0. The molecular weight excluding hydrogens is 409 g/mol. The number of amides is 1. The van der Waals surface area contributed by atoms with Gasteiger partial charge in [0.25, 0.3) is 5.91 Å². The van der Waals surface area contributed by atoms with Gasteiger partial charge in [0, 0.05) is 16.6 Å². The highest BCUT2D eigenvalue weighted by Crippen LogP contribution is 2.34. The minimum atomic E-state index is -0.650. The largest absolute Gasteiger partial charge is 0.454 e. The van der Waals surface area contributed by atoms with Gasteiger partial charge in [-0.1, -0.05) is 18.2 Å². The number of carbonyl (C=O) groups excluding carboxylic acids is 2. The van der Waals surface area contributed by atoms with Gasteiger partial charge in [0.15, 0.2) is 18.1 Å². The van der Waals surface area contributed by atoms with Crippen molar-refractivity contribution in [3.05, 3.63) is 76.2 Å². The Kier molecular flexibility index (Phi) is 5.76. The van der Waals surface area contributed by atoms with E-state index in [1.54, 1.807) is 48.5 Å². The number of nitrogens with one attached hydrogen (secondary N) is 1. The fourth-order valence-corrected chi connectivity index (χ4v) is 3.50. The average molecular weight is 425 g/mol. The predicted octanol–water partition coefficient (Wildman–Crippen LogP) is 4.34. The molecule has 8 heteroatoms. The van der Waals surface area contributed by atoms with Crippen LogP contribution in [0.5, 0.6) is 11.5 Å². The molecule has 0 aliphatic carbocycles. The number of esters is 1. The van der Waals surface area contributed by atoms with E-state index < -0.39 is 18.5 Å². The predicted molar refractivity (Wildman–Crippen MR) is 111 cm³/mol. The van der Waals surface area contributed by atoms with Gasteiger partial charge in [0.1, 0.15) is 5.82 Å². The van der Waals surface area contributed by atoms with Crippen LogP contribution >= 0.6 is 11.3 Å². The van der Waals surface area contributed by atoms with Crippen LogP contribution in [-0.4, -0.2) is 25.3 Å². The summed E-state index contributed by atoms with van der Waals surface area (Å²) in [6.07, 6.45) is 1.60. The highest BCUT2D eigenvalue weighted by Gasteiger charge is 2.18. The molecule has 2 aromatic carbocycles. The van der Waals surface area contributed by atoms with Crippen LogP contribution in [0.25, 0.3) is 11.6 Å². The number of hydrogen-bond donors (Lipinski definition) is 1. The van der Waals surface area contributed by atoms with Crippen molar-refractivity contribution < 1.29 is 28.2 Å². The van der Waals surface area contributed by atoms with Gasteiger partial charge in [0.05, 0.1) is 5.57 Å². The lowest BCUT2D eigenvalue weighted by Crippen LogP contribution is -2.21. The number of ether oxygens (including phenoxy) is 3. The van der Waals surface area contributed by atoms with E-state index in [9.17, 15) is 14.0 Å². The molecule has 2 heterocycles. The van der Waals surface area contributed by atoms with Gasteiger partial charge in [-0.15, -0.1) is 11.3 Å². The van der Waals surface area contributed by atoms with Crippen molar-refractivity contribution in [2.75, 3.05) is 18.7 Å². The van der Waals surface area contributed by atoms with E-state index in [0.29, 0.717) is 27.6 Å². The number of benzene rings is 2. The summed E-state index contributed by atoms with van der Waals surface area (Å²) in [6.45, 7) is -0.324. The van der Waals surface area contributed by atoms with E-state index in [-0.39, 0.29) is 18.2 Å². The number of anilines is 1. The Bertz CT molecular complexity index is 1090. The van der Waals surface area contributed by atoms with Gasteiger partial charge in [-0.25, -0.2) is 9.18 Å². The summed E-state index contributed by atoms with van der Waals surface area (Å²) in [5, 5.41) is 4.47. The van der Waals surface area contributed by atoms with E-state index in [1.165, 1.54) is 23.5 Å². The molecule has 0 atom stereocenters. The van der Waals surface area contributed by atoms with Crippen LogP contribution in [0.3, 0.4) is 0 Å². The third kappa shape index (κ3) is 4.66. The highest BCUT2D eigenvalue weighted by molar-refractivity contribution is 7.11. The second kappa shape index (κ2) is 8.79. The first-order valence-electron chi connectivity index (χ1n) is 8.96. The van der Waals surface area contributed by atoms with Crippen molar-refractivity contribution >= 4 is 40.5 Å². The van der Waals surface area contributed by atoms with Crippen molar-refractivity contribution in [2.45, 2.75) is 0 Å². The normalized spacial score (nSPS) is 12.5. The van der Waals surface area contributed by atoms with Crippen LogP contribution in [0.2, 0.25) is 0 Å². The second-order valence-corrected chi connectivity index (χ2v) is 7.23. The molecule has 6 nitrogen and oxygen atoms in total. The molecule has 1 aromatic heterocycles. The molecule has 30 heavy (non-hydrogen) atoms. The summed E-state index contributed by atoms with van der Waals surface area (Å²) < 4.78 is 28.8. The lowest BCUT2D eigenvalue weighted by molar-refractivity contribution is -0.141. The Balaban J connectivity index is 1.42. The zero-order valence-corrected chi connectivity index (χ0v) is 16.4. The van der Waals surface area contributed by atoms with Crippen LogP contribution in [-0.2, 0) is 14.3 Å². The molecule has 0 bridgehead atoms. The van der Waals surface area contributed by atoms with Crippen LogP contribution in [0, 0.1) is 5.82 Å².